The molecule has 0 fully saturated rings. The second-order valence-electron chi connectivity index (χ2n) is 10.0. The smallest absolute Gasteiger partial charge is 0.0812 e. The maximum absolute atomic E-state index is 4.80. The van der Waals surface area contributed by atoms with E-state index in [4.69, 9.17) is 9.98 Å². The summed E-state index contributed by atoms with van der Waals surface area (Å²) >= 11 is 3.60. The fraction of sp³-hybridized carbons (Fsp3) is 0.143. The van der Waals surface area contributed by atoms with Gasteiger partial charge in [0, 0.05) is 22.8 Å². The second-order valence-corrected chi connectivity index (χ2v) is 10.9. The zero-order valence-electron chi connectivity index (χ0n) is 23.1. The van der Waals surface area contributed by atoms with Crippen LogP contribution < -0.4 is 0 Å². The van der Waals surface area contributed by atoms with Crippen LogP contribution in [0.2, 0.25) is 0 Å². The zero-order valence-corrected chi connectivity index (χ0v) is 24.7. The molecule has 0 aliphatic carbocycles. The Balaban J connectivity index is 1.56. The molecular formula is C35H31BrN4. The standard InChI is InChI=1S/C35H31BrN4/c1-23-17-28(18-24(2)34(23)39-21-31-9-5-7-15-37-31)33(27-11-13-30(36)14-12-27)29-19-25(3)35(26(4)20-29)40-22-32-10-6-8-16-38-32/h5-22,33H,1-4H3. The van der Waals surface area contributed by atoms with Crippen LogP contribution in [0, 0.1) is 27.7 Å². The van der Waals surface area contributed by atoms with E-state index in [0.717, 1.165) is 49.5 Å². The molecule has 0 aliphatic rings. The van der Waals surface area contributed by atoms with Crippen molar-refractivity contribution in [1.82, 2.24) is 9.97 Å². The Hall–Kier alpha value is -4.22. The van der Waals surface area contributed by atoms with E-state index in [2.05, 4.69) is 102 Å². The summed E-state index contributed by atoms with van der Waals surface area (Å²) < 4.78 is 1.06. The van der Waals surface area contributed by atoms with Gasteiger partial charge in [-0.3, -0.25) is 20.0 Å². The number of benzene rings is 3. The van der Waals surface area contributed by atoms with Gasteiger partial charge in [-0.2, -0.15) is 0 Å². The number of aryl methyl sites for hydroxylation is 4. The van der Waals surface area contributed by atoms with E-state index in [-0.39, 0.29) is 5.92 Å². The van der Waals surface area contributed by atoms with Crippen molar-refractivity contribution in [2.45, 2.75) is 33.6 Å². The highest BCUT2D eigenvalue weighted by atomic mass is 79.9. The lowest BCUT2D eigenvalue weighted by Gasteiger charge is -2.23. The third-order valence-electron chi connectivity index (χ3n) is 6.92. The Kier molecular flexibility index (Phi) is 8.42. The van der Waals surface area contributed by atoms with Gasteiger partial charge in [-0.1, -0.05) is 64.5 Å². The van der Waals surface area contributed by atoms with Gasteiger partial charge in [0.05, 0.1) is 35.2 Å². The van der Waals surface area contributed by atoms with Crippen molar-refractivity contribution in [3.05, 3.63) is 152 Å². The normalized spacial score (nSPS) is 12.3. The number of aliphatic imine (C=N–C) groups is 2. The van der Waals surface area contributed by atoms with Gasteiger partial charge in [0.25, 0.3) is 0 Å². The number of halogens is 1. The van der Waals surface area contributed by atoms with E-state index in [1.54, 1.807) is 12.4 Å². The van der Waals surface area contributed by atoms with E-state index in [0.29, 0.717) is 0 Å². The summed E-state index contributed by atoms with van der Waals surface area (Å²) in [7, 11) is 0. The summed E-state index contributed by atoms with van der Waals surface area (Å²) in [4.78, 5) is 18.4. The molecule has 2 aromatic heterocycles. The largest absolute Gasteiger partial charge is 0.255 e. The number of nitrogens with zero attached hydrogens (tertiary/aromatic N) is 4. The molecule has 0 unspecified atom stereocenters. The van der Waals surface area contributed by atoms with Gasteiger partial charge in [-0.25, -0.2) is 0 Å². The summed E-state index contributed by atoms with van der Waals surface area (Å²) in [5, 5.41) is 0. The molecule has 40 heavy (non-hydrogen) atoms. The number of aromatic nitrogens is 2. The summed E-state index contributed by atoms with van der Waals surface area (Å²) in [5.41, 5.74) is 11.9. The first-order chi connectivity index (χ1) is 19.4. The molecule has 3 aromatic carbocycles. The topological polar surface area (TPSA) is 50.5 Å². The molecule has 0 saturated heterocycles. The van der Waals surface area contributed by atoms with Crippen LogP contribution in [-0.4, -0.2) is 22.4 Å². The van der Waals surface area contributed by atoms with Crippen LogP contribution in [0.3, 0.4) is 0 Å². The summed E-state index contributed by atoms with van der Waals surface area (Å²) in [6.07, 6.45) is 7.23. The number of hydrogen-bond acceptors (Lipinski definition) is 4. The van der Waals surface area contributed by atoms with Crippen LogP contribution in [0.5, 0.6) is 0 Å². The SMILES string of the molecule is Cc1cc(C(c2ccc(Br)cc2)c2cc(C)c(N=Cc3ccccn3)c(C)c2)cc(C)c1N=Cc1ccccn1. The summed E-state index contributed by atoms with van der Waals surface area (Å²) in [6.45, 7) is 8.52. The van der Waals surface area contributed by atoms with E-state index in [1.807, 2.05) is 48.8 Å². The molecule has 5 aromatic rings. The third-order valence-corrected chi connectivity index (χ3v) is 7.45. The highest BCUT2D eigenvalue weighted by Gasteiger charge is 2.20. The van der Waals surface area contributed by atoms with Gasteiger partial charge in [0.2, 0.25) is 0 Å². The average molecular weight is 588 g/mol. The molecule has 0 bridgehead atoms. The van der Waals surface area contributed by atoms with Crippen molar-refractivity contribution >= 4 is 39.7 Å². The Bertz CT molecular complexity index is 1520. The predicted octanol–water partition coefficient (Wildman–Crippen LogP) is 9.15. The average Bonchev–Trinajstić information content (AvgIpc) is 2.94. The lowest BCUT2D eigenvalue weighted by molar-refractivity contribution is 0.964. The van der Waals surface area contributed by atoms with E-state index >= 15 is 0 Å². The summed E-state index contributed by atoms with van der Waals surface area (Å²) in [6, 6.07) is 29.4. The fourth-order valence-corrected chi connectivity index (χ4v) is 5.38. The van der Waals surface area contributed by atoms with Crippen LogP contribution in [0.4, 0.5) is 11.4 Å². The van der Waals surface area contributed by atoms with Crippen molar-refractivity contribution in [3.8, 4) is 0 Å². The molecular weight excluding hydrogens is 556 g/mol. The molecule has 0 amide bonds. The molecule has 0 saturated carbocycles. The molecule has 0 N–H and O–H groups in total. The van der Waals surface area contributed by atoms with Crippen molar-refractivity contribution < 1.29 is 0 Å². The lowest BCUT2D eigenvalue weighted by Crippen LogP contribution is -2.06. The quantitative estimate of drug-likeness (QED) is 0.141. The maximum atomic E-state index is 4.80. The minimum absolute atomic E-state index is 0.0607. The Morgan fingerprint density at radius 2 is 1.00 bits per heavy atom. The predicted molar refractivity (Wildman–Crippen MR) is 170 cm³/mol. The van der Waals surface area contributed by atoms with Crippen LogP contribution in [0.25, 0.3) is 0 Å². The Morgan fingerprint density at radius 3 is 1.38 bits per heavy atom. The number of pyridine rings is 2. The molecule has 0 spiro atoms. The van der Waals surface area contributed by atoms with Crippen LogP contribution >= 0.6 is 15.9 Å². The highest BCUT2D eigenvalue weighted by Crippen LogP contribution is 2.39. The van der Waals surface area contributed by atoms with Gasteiger partial charge >= 0.3 is 0 Å². The monoisotopic (exact) mass is 586 g/mol. The van der Waals surface area contributed by atoms with Gasteiger partial charge in [-0.15, -0.1) is 0 Å². The highest BCUT2D eigenvalue weighted by molar-refractivity contribution is 9.10. The molecule has 2 heterocycles. The maximum Gasteiger partial charge on any atom is 0.0812 e. The molecule has 4 nitrogen and oxygen atoms in total. The second kappa shape index (κ2) is 12.3. The van der Waals surface area contributed by atoms with Crippen LogP contribution in [0.15, 0.2) is 112 Å². The fourth-order valence-electron chi connectivity index (χ4n) is 5.12. The van der Waals surface area contributed by atoms with Crippen LogP contribution in [-0.2, 0) is 0 Å². The third kappa shape index (κ3) is 6.32. The molecule has 0 radical (unpaired) electrons. The first-order valence-electron chi connectivity index (χ1n) is 13.3. The van der Waals surface area contributed by atoms with E-state index in [1.165, 1.54) is 16.7 Å². The van der Waals surface area contributed by atoms with Gasteiger partial charge in [-0.05, 0) is 103 Å². The first-order valence-corrected chi connectivity index (χ1v) is 14.1. The Labute approximate surface area is 244 Å². The first kappa shape index (κ1) is 27.4. The lowest BCUT2D eigenvalue weighted by atomic mass is 9.82. The van der Waals surface area contributed by atoms with Crippen molar-refractivity contribution in [2.24, 2.45) is 9.98 Å². The van der Waals surface area contributed by atoms with Crippen molar-refractivity contribution in [1.29, 1.82) is 0 Å². The van der Waals surface area contributed by atoms with Gasteiger partial charge in [0.15, 0.2) is 0 Å². The molecule has 0 atom stereocenters. The minimum Gasteiger partial charge on any atom is -0.255 e. The Morgan fingerprint density at radius 1 is 0.575 bits per heavy atom. The van der Waals surface area contributed by atoms with Crippen LogP contribution in [0.1, 0.15) is 56.2 Å². The number of hydrogen-bond donors (Lipinski definition) is 0. The molecule has 5 heteroatoms. The van der Waals surface area contributed by atoms with Gasteiger partial charge in [0.1, 0.15) is 0 Å². The zero-order chi connectivity index (χ0) is 28.1. The van der Waals surface area contributed by atoms with Crippen molar-refractivity contribution in [2.75, 3.05) is 0 Å². The minimum atomic E-state index is 0.0607. The summed E-state index contributed by atoms with van der Waals surface area (Å²) in [5.74, 6) is 0.0607. The number of rotatable bonds is 7. The van der Waals surface area contributed by atoms with Crippen molar-refractivity contribution in [3.63, 3.8) is 0 Å². The van der Waals surface area contributed by atoms with E-state index in [9.17, 15) is 0 Å². The van der Waals surface area contributed by atoms with Gasteiger partial charge < -0.3 is 0 Å². The molecule has 0 aliphatic heterocycles. The molecule has 198 valence electrons. The molecule has 5 rings (SSSR count). The van der Waals surface area contributed by atoms with E-state index < -0.39 is 0 Å².